The van der Waals surface area contributed by atoms with Gasteiger partial charge in [-0.15, -0.1) is 11.3 Å². The van der Waals surface area contributed by atoms with Gasteiger partial charge in [0, 0.05) is 58.3 Å². The summed E-state index contributed by atoms with van der Waals surface area (Å²) in [5, 5.41) is 1.21. The summed E-state index contributed by atoms with van der Waals surface area (Å²) in [6.45, 7) is 6.59. The summed E-state index contributed by atoms with van der Waals surface area (Å²) in [6.07, 6.45) is 0. The van der Waals surface area contributed by atoms with Gasteiger partial charge >= 0.3 is 0 Å². The van der Waals surface area contributed by atoms with Crippen molar-refractivity contribution in [3.8, 4) is 0 Å². The zero-order valence-electron chi connectivity index (χ0n) is 16.7. The van der Waals surface area contributed by atoms with Crippen LogP contribution in [0.1, 0.15) is 26.4 Å². The van der Waals surface area contributed by atoms with Crippen molar-refractivity contribution < 1.29 is 4.79 Å². The van der Waals surface area contributed by atoms with Crippen LogP contribution in [0.2, 0.25) is 5.02 Å². The highest BCUT2D eigenvalue weighted by atomic mass is 79.9. The molecule has 30 heavy (non-hydrogen) atoms. The monoisotopic (exact) mass is 503 g/mol. The highest BCUT2D eigenvalue weighted by Gasteiger charge is 2.25. The number of benzene rings is 2. The van der Waals surface area contributed by atoms with E-state index >= 15 is 0 Å². The van der Waals surface area contributed by atoms with Gasteiger partial charge in [0.05, 0.1) is 10.6 Å². The van der Waals surface area contributed by atoms with Crippen molar-refractivity contribution in [3.63, 3.8) is 0 Å². The summed E-state index contributed by atoms with van der Waals surface area (Å²) in [5.41, 5.74) is 9.82. The van der Waals surface area contributed by atoms with Crippen LogP contribution in [0.15, 0.2) is 53.0 Å². The van der Waals surface area contributed by atoms with E-state index < -0.39 is 0 Å². The minimum absolute atomic E-state index is 0.0305. The van der Waals surface area contributed by atoms with Crippen molar-refractivity contribution in [2.45, 2.75) is 13.5 Å². The second-order valence-corrected chi connectivity index (χ2v) is 10.1. The van der Waals surface area contributed by atoms with Crippen LogP contribution < -0.4 is 10.6 Å². The van der Waals surface area contributed by atoms with Crippen molar-refractivity contribution in [1.82, 2.24) is 4.90 Å². The molecule has 4 nitrogen and oxygen atoms in total. The topological polar surface area (TPSA) is 49.6 Å². The van der Waals surface area contributed by atoms with Gasteiger partial charge in [-0.3, -0.25) is 9.69 Å². The van der Waals surface area contributed by atoms with Gasteiger partial charge in [0.2, 0.25) is 0 Å². The third-order valence-corrected chi connectivity index (χ3v) is 7.27. The summed E-state index contributed by atoms with van der Waals surface area (Å²) in [6, 6.07) is 15.5. The third kappa shape index (κ3) is 4.57. The van der Waals surface area contributed by atoms with Crippen LogP contribution in [0.4, 0.5) is 10.7 Å². The number of rotatable bonds is 5. The molecule has 0 bridgehead atoms. The predicted molar refractivity (Wildman–Crippen MR) is 130 cm³/mol. The molecule has 1 saturated heterocycles. The van der Waals surface area contributed by atoms with Gasteiger partial charge < -0.3 is 10.6 Å². The van der Waals surface area contributed by atoms with Gasteiger partial charge in [-0.25, -0.2) is 0 Å². The molecular weight excluding hydrogens is 482 g/mol. The number of anilines is 2. The summed E-state index contributed by atoms with van der Waals surface area (Å²) < 4.78 is 1.09. The number of nitrogen functional groups attached to an aromatic ring is 1. The average molecular weight is 505 g/mol. The van der Waals surface area contributed by atoms with Gasteiger partial charge in [0.15, 0.2) is 5.78 Å². The minimum atomic E-state index is -0.0305. The molecule has 1 aliphatic heterocycles. The van der Waals surface area contributed by atoms with E-state index in [1.165, 1.54) is 17.0 Å². The average Bonchev–Trinajstić information content (AvgIpc) is 3.02. The number of nitrogens with two attached hydrogens (primary N) is 1. The largest absolute Gasteiger partial charge is 0.390 e. The zero-order chi connectivity index (χ0) is 21.3. The standard InChI is InChI=1S/C23H23BrClN3OS/c1-15-20(21(23(26)30-15)22(29)16-2-6-18(25)7-3-16)14-27-10-12-28(13-11-27)19-8-4-17(24)5-9-19/h2-9H,10-14,26H2,1H3. The Bertz CT molecular complexity index is 1040. The van der Waals surface area contributed by atoms with E-state index in [0.29, 0.717) is 21.2 Å². The van der Waals surface area contributed by atoms with Crippen molar-refractivity contribution >= 4 is 55.3 Å². The second kappa shape index (κ2) is 9.10. The summed E-state index contributed by atoms with van der Waals surface area (Å²) in [4.78, 5) is 19.1. The lowest BCUT2D eigenvalue weighted by molar-refractivity contribution is 0.103. The number of aryl methyl sites for hydroxylation is 1. The van der Waals surface area contributed by atoms with Crippen molar-refractivity contribution in [2.24, 2.45) is 0 Å². The van der Waals surface area contributed by atoms with Gasteiger partial charge in [-0.1, -0.05) is 27.5 Å². The number of halogens is 2. The van der Waals surface area contributed by atoms with Crippen LogP contribution in [0.5, 0.6) is 0 Å². The number of carbonyl (C=O) groups is 1. The molecule has 1 fully saturated rings. The Kier molecular flexibility index (Phi) is 6.48. The first-order valence-electron chi connectivity index (χ1n) is 9.83. The number of piperazine rings is 1. The molecule has 4 rings (SSSR count). The molecule has 0 aliphatic carbocycles. The van der Waals surface area contributed by atoms with Crippen molar-refractivity contribution in [1.29, 1.82) is 0 Å². The summed E-state index contributed by atoms with van der Waals surface area (Å²) >= 11 is 11.0. The fourth-order valence-corrected chi connectivity index (χ4v) is 5.15. The lowest BCUT2D eigenvalue weighted by atomic mass is 9.99. The molecular formula is C23H23BrClN3OS. The van der Waals surface area contributed by atoms with Crippen molar-refractivity contribution in [3.05, 3.63) is 79.6 Å². The highest BCUT2D eigenvalue weighted by Crippen LogP contribution is 2.34. The Morgan fingerprint density at radius 1 is 1.07 bits per heavy atom. The van der Waals surface area contributed by atoms with Crippen LogP contribution in [0.25, 0.3) is 0 Å². The highest BCUT2D eigenvalue weighted by molar-refractivity contribution is 9.10. The van der Waals surface area contributed by atoms with E-state index in [1.807, 2.05) is 6.92 Å². The zero-order valence-corrected chi connectivity index (χ0v) is 19.9. The number of thiophene rings is 1. The lowest BCUT2D eigenvalue weighted by Gasteiger charge is -2.36. The van der Waals surface area contributed by atoms with E-state index in [1.54, 1.807) is 24.3 Å². The molecule has 2 N–H and O–H groups in total. The molecule has 7 heteroatoms. The Morgan fingerprint density at radius 2 is 1.70 bits per heavy atom. The molecule has 1 aromatic heterocycles. The van der Waals surface area contributed by atoms with E-state index in [4.69, 9.17) is 17.3 Å². The maximum Gasteiger partial charge on any atom is 0.196 e. The molecule has 2 aromatic carbocycles. The quantitative estimate of drug-likeness (QED) is 0.459. The van der Waals surface area contributed by atoms with Crippen LogP contribution in [0, 0.1) is 6.92 Å². The fraction of sp³-hybridized carbons (Fsp3) is 0.261. The fourth-order valence-electron chi connectivity index (χ4n) is 3.83. The molecule has 0 unspecified atom stereocenters. The number of hydrogen-bond donors (Lipinski definition) is 1. The smallest absolute Gasteiger partial charge is 0.196 e. The Labute approximate surface area is 194 Å². The van der Waals surface area contributed by atoms with E-state index in [2.05, 4.69) is 50.0 Å². The number of hydrogen-bond acceptors (Lipinski definition) is 5. The van der Waals surface area contributed by atoms with Crippen molar-refractivity contribution in [2.75, 3.05) is 36.8 Å². The molecule has 1 aliphatic rings. The van der Waals surface area contributed by atoms with Gasteiger partial charge in [-0.05, 0) is 61.0 Å². The number of carbonyl (C=O) groups excluding carboxylic acids is 1. The normalized spacial score (nSPS) is 14.8. The second-order valence-electron chi connectivity index (χ2n) is 7.45. The first kappa shape index (κ1) is 21.4. The maximum atomic E-state index is 13.2. The van der Waals surface area contributed by atoms with Gasteiger partial charge in [0.1, 0.15) is 0 Å². The molecule has 0 atom stereocenters. The van der Waals surface area contributed by atoms with E-state index in [0.717, 1.165) is 47.6 Å². The van der Waals surface area contributed by atoms with Crippen LogP contribution in [-0.2, 0) is 6.54 Å². The molecule has 0 amide bonds. The molecule has 3 aromatic rings. The summed E-state index contributed by atoms with van der Waals surface area (Å²) in [7, 11) is 0. The molecule has 156 valence electrons. The predicted octanol–water partition coefficient (Wildman–Crippen LogP) is 5.61. The number of nitrogens with zero attached hydrogens (tertiary/aromatic N) is 2. The SMILES string of the molecule is Cc1sc(N)c(C(=O)c2ccc(Cl)cc2)c1CN1CCN(c2ccc(Br)cc2)CC1. The van der Waals surface area contributed by atoms with Gasteiger partial charge in [-0.2, -0.15) is 0 Å². The lowest BCUT2D eigenvalue weighted by Crippen LogP contribution is -2.46. The first-order valence-corrected chi connectivity index (χ1v) is 11.8. The Hall–Kier alpha value is -1.86. The van der Waals surface area contributed by atoms with Crippen LogP contribution >= 0.6 is 38.9 Å². The molecule has 0 saturated carbocycles. The minimum Gasteiger partial charge on any atom is -0.390 e. The molecule has 2 heterocycles. The first-order chi connectivity index (χ1) is 14.4. The van der Waals surface area contributed by atoms with E-state index in [9.17, 15) is 4.79 Å². The summed E-state index contributed by atoms with van der Waals surface area (Å²) in [5.74, 6) is -0.0305. The Morgan fingerprint density at radius 3 is 2.33 bits per heavy atom. The maximum absolute atomic E-state index is 13.2. The van der Waals surface area contributed by atoms with Crippen LogP contribution in [-0.4, -0.2) is 36.9 Å². The Balaban J connectivity index is 1.48. The van der Waals surface area contributed by atoms with E-state index in [-0.39, 0.29) is 5.78 Å². The number of ketones is 1. The molecule has 0 spiro atoms. The third-order valence-electron chi connectivity index (χ3n) is 5.52. The van der Waals surface area contributed by atoms with Gasteiger partial charge in [0.25, 0.3) is 0 Å². The molecule has 0 radical (unpaired) electrons. The van der Waals surface area contributed by atoms with Crippen LogP contribution in [0.3, 0.4) is 0 Å².